The maximum absolute atomic E-state index is 4.06. The molecule has 0 saturated carbocycles. The normalized spacial score (nSPS) is 8.91. The molecule has 0 radical (unpaired) electrons. The molecule has 0 fully saturated rings. The Morgan fingerprint density at radius 2 is 2.09 bits per heavy atom. The van der Waals surface area contributed by atoms with Crippen molar-refractivity contribution in [1.29, 1.82) is 0 Å². The van der Waals surface area contributed by atoms with Crippen molar-refractivity contribution in [1.82, 2.24) is 0 Å². The molecule has 0 N–H and O–H groups in total. The Morgan fingerprint density at radius 3 is 2.73 bits per heavy atom. The summed E-state index contributed by atoms with van der Waals surface area (Å²) in [6, 6.07) is 6.05. The zero-order chi connectivity index (χ0) is 8.27. The first-order chi connectivity index (χ1) is 5.25. The van der Waals surface area contributed by atoms with Crippen molar-refractivity contribution in [3.05, 3.63) is 29.3 Å². The second-order valence-corrected chi connectivity index (χ2v) is 2.81. The molecule has 0 aliphatic carbocycles. The standard InChI is InChI=1S/C9H9NSe/c1-7-4-3-5-9(8(7)2)10-6-11/h3-5H,1-2H3. The van der Waals surface area contributed by atoms with E-state index in [0.717, 1.165) is 5.69 Å². The SMILES string of the molecule is Cc1cccc(N=C=[Se])c1C. The van der Waals surface area contributed by atoms with Crippen molar-refractivity contribution >= 4 is 26.0 Å². The number of hydrogen-bond acceptors (Lipinski definition) is 1. The second kappa shape index (κ2) is 3.64. The van der Waals surface area contributed by atoms with Gasteiger partial charge in [0.1, 0.15) is 0 Å². The Balaban J connectivity index is 3.26. The monoisotopic (exact) mass is 211 g/mol. The van der Waals surface area contributed by atoms with E-state index in [0.29, 0.717) is 0 Å². The molecule has 1 rings (SSSR count). The van der Waals surface area contributed by atoms with E-state index in [-0.39, 0.29) is 0 Å². The van der Waals surface area contributed by atoms with Crippen molar-refractivity contribution in [3.8, 4) is 0 Å². The van der Waals surface area contributed by atoms with E-state index in [9.17, 15) is 0 Å². The van der Waals surface area contributed by atoms with Crippen LogP contribution in [0, 0.1) is 13.8 Å². The summed E-state index contributed by atoms with van der Waals surface area (Å²) in [4.78, 5) is 4.06. The zero-order valence-corrected chi connectivity index (χ0v) is 8.30. The number of rotatable bonds is 1. The number of hydrogen-bond donors (Lipinski definition) is 0. The van der Waals surface area contributed by atoms with Crippen LogP contribution in [0.5, 0.6) is 0 Å². The minimum atomic E-state index is 0.990. The van der Waals surface area contributed by atoms with Gasteiger partial charge in [0.2, 0.25) is 0 Å². The van der Waals surface area contributed by atoms with Crippen LogP contribution < -0.4 is 0 Å². The van der Waals surface area contributed by atoms with E-state index in [1.165, 1.54) is 11.1 Å². The predicted octanol–water partition coefficient (Wildman–Crippen LogP) is 2.01. The fourth-order valence-corrected chi connectivity index (χ4v) is 1.11. The summed E-state index contributed by atoms with van der Waals surface area (Å²) in [6.07, 6.45) is 0. The zero-order valence-electron chi connectivity index (χ0n) is 6.59. The fraction of sp³-hybridized carbons (Fsp3) is 0.222. The molecule has 1 nitrogen and oxygen atoms in total. The Kier molecular flexibility index (Phi) is 2.78. The Bertz CT molecular complexity index is 311. The summed E-state index contributed by atoms with van der Waals surface area (Å²) in [6.45, 7) is 4.14. The molecule has 0 spiro atoms. The van der Waals surface area contributed by atoms with Crippen LogP contribution in [0.3, 0.4) is 0 Å². The van der Waals surface area contributed by atoms with Gasteiger partial charge in [-0.25, -0.2) is 0 Å². The Morgan fingerprint density at radius 1 is 1.36 bits per heavy atom. The molecule has 0 amide bonds. The van der Waals surface area contributed by atoms with Gasteiger partial charge in [0.25, 0.3) is 0 Å². The van der Waals surface area contributed by atoms with E-state index in [2.05, 4.69) is 45.2 Å². The van der Waals surface area contributed by atoms with Crippen molar-refractivity contribution in [2.24, 2.45) is 4.99 Å². The van der Waals surface area contributed by atoms with Gasteiger partial charge < -0.3 is 0 Å². The molecule has 11 heavy (non-hydrogen) atoms. The van der Waals surface area contributed by atoms with Gasteiger partial charge >= 0.3 is 74.1 Å². The quantitative estimate of drug-likeness (QED) is 0.496. The van der Waals surface area contributed by atoms with Crippen LogP contribution >= 0.6 is 0 Å². The van der Waals surface area contributed by atoms with Gasteiger partial charge in [-0.3, -0.25) is 0 Å². The summed E-state index contributed by atoms with van der Waals surface area (Å²) in [7, 11) is 0. The first-order valence-electron chi connectivity index (χ1n) is 3.40. The maximum atomic E-state index is 4.06. The van der Waals surface area contributed by atoms with Crippen LogP contribution in [-0.2, 0) is 0 Å². The summed E-state index contributed by atoms with van der Waals surface area (Å²) in [5, 5.41) is 0. The summed E-state index contributed by atoms with van der Waals surface area (Å²) < 4.78 is 2.65. The third-order valence-electron chi connectivity index (χ3n) is 1.74. The number of benzene rings is 1. The summed E-state index contributed by atoms with van der Waals surface area (Å²) in [5.74, 6) is 0. The first-order valence-corrected chi connectivity index (χ1v) is 4.25. The van der Waals surface area contributed by atoms with Gasteiger partial charge in [-0.1, -0.05) is 0 Å². The van der Waals surface area contributed by atoms with E-state index in [4.69, 9.17) is 0 Å². The molecule has 0 unspecified atom stereocenters. The third-order valence-corrected chi connectivity index (χ3v) is 1.93. The molecular weight excluding hydrogens is 201 g/mol. The van der Waals surface area contributed by atoms with E-state index in [1.807, 2.05) is 12.1 Å². The molecule has 0 aliphatic heterocycles. The second-order valence-electron chi connectivity index (χ2n) is 2.42. The van der Waals surface area contributed by atoms with Crippen molar-refractivity contribution in [3.63, 3.8) is 0 Å². The van der Waals surface area contributed by atoms with Crippen molar-refractivity contribution in [2.45, 2.75) is 13.8 Å². The van der Waals surface area contributed by atoms with Crippen LogP contribution in [0.4, 0.5) is 5.69 Å². The van der Waals surface area contributed by atoms with Gasteiger partial charge in [0.05, 0.1) is 0 Å². The van der Waals surface area contributed by atoms with Gasteiger partial charge in [-0.2, -0.15) is 0 Å². The average Bonchev–Trinajstić information content (AvgIpc) is 1.99. The van der Waals surface area contributed by atoms with Gasteiger partial charge in [-0.15, -0.1) is 0 Å². The van der Waals surface area contributed by atoms with Crippen LogP contribution in [0.1, 0.15) is 11.1 Å². The molecule has 0 aromatic heterocycles. The Hall–Kier alpha value is -0.681. The van der Waals surface area contributed by atoms with Gasteiger partial charge in [-0.05, 0) is 0 Å². The Labute approximate surface area is 74.5 Å². The summed E-state index contributed by atoms with van der Waals surface area (Å²) in [5.41, 5.74) is 3.47. The molecule has 1 aromatic carbocycles. The van der Waals surface area contributed by atoms with E-state index < -0.39 is 0 Å². The fourth-order valence-electron chi connectivity index (χ4n) is 0.906. The van der Waals surface area contributed by atoms with Gasteiger partial charge in [0.15, 0.2) is 0 Å². The van der Waals surface area contributed by atoms with Crippen LogP contribution in [-0.4, -0.2) is 20.3 Å². The summed E-state index contributed by atoms with van der Waals surface area (Å²) >= 11 is 2.62. The molecule has 56 valence electrons. The average molecular weight is 210 g/mol. The molecule has 1 aromatic rings. The minimum absolute atomic E-state index is 0.990. The number of aliphatic imine (C=N–C) groups is 1. The number of aryl methyl sites for hydroxylation is 1. The topological polar surface area (TPSA) is 12.4 Å². The van der Waals surface area contributed by atoms with Crippen LogP contribution in [0.15, 0.2) is 23.2 Å². The molecule has 0 atom stereocenters. The molecule has 0 saturated heterocycles. The van der Waals surface area contributed by atoms with Crippen molar-refractivity contribution in [2.75, 3.05) is 0 Å². The van der Waals surface area contributed by atoms with Crippen LogP contribution in [0.2, 0.25) is 0 Å². The van der Waals surface area contributed by atoms with Crippen molar-refractivity contribution < 1.29 is 0 Å². The van der Waals surface area contributed by atoms with Gasteiger partial charge in [0, 0.05) is 0 Å². The molecule has 0 bridgehead atoms. The van der Waals surface area contributed by atoms with E-state index in [1.54, 1.807) is 0 Å². The molecule has 2 heteroatoms. The van der Waals surface area contributed by atoms with Crippen LogP contribution in [0.25, 0.3) is 0 Å². The number of nitrogens with zero attached hydrogens (tertiary/aromatic N) is 1. The molecule has 0 aliphatic rings. The third kappa shape index (κ3) is 1.87. The first kappa shape index (κ1) is 8.42. The molecular formula is C9H9NSe. The molecule has 0 heterocycles. The predicted molar refractivity (Wildman–Crippen MR) is 48.8 cm³/mol. The van der Waals surface area contributed by atoms with E-state index >= 15 is 0 Å².